The molecule has 0 aromatic carbocycles. The van der Waals surface area contributed by atoms with Crippen molar-refractivity contribution in [3.05, 3.63) is 11.9 Å². The monoisotopic (exact) mass is 249 g/mol. The lowest BCUT2D eigenvalue weighted by atomic mass is 9.83. The normalized spacial score (nSPS) is 37.2. The van der Waals surface area contributed by atoms with E-state index in [2.05, 4.69) is 4.90 Å². The maximum atomic E-state index is 12.7. The lowest BCUT2D eigenvalue weighted by molar-refractivity contribution is -0.0506. The lowest BCUT2D eigenvalue weighted by Gasteiger charge is -2.42. The first kappa shape index (κ1) is 12.9. The minimum atomic E-state index is -2.26. The quantitative estimate of drug-likeness (QED) is 0.831. The first-order valence-corrected chi connectivity index (χ1v) is 6.05. The summed E-state index contributed by atoms with van der Waals surface area (Å²) in [5.74, 6) is -1.38. The van der Waals surface area contributed by atoms with E-state index in [4.69, 9.17) is 0 Å². The van der Waals surface area contributed by atoms with Crippen LogP contribution in [0.4, 0.5) is 13.2 Å². The number of fused-ring (bicyclic) bond motifs is 2. The predicted molar refractivity (Wildman–Crippen MR) is 58.3 cm³/mol. The zero-order valence-corrected chi connectivity index (χ0v) is 9.93. The Morgan fingerprint density at radius 2 is 1.76 bits per heavy atom. The second-order valence-electron chi connectivity index (χ2n) is 5.35. The van der Waals surface area contributed by atoms with Gasteiger partial charge in [0, 0.05) is 18.5 Å². The molecule has 17 heavy (non-hydrogen) atoms. The van der Waals surface area contributed by atoms with Crippen molar-refractivity contribution in [1.29, 1.82) is 0 Å². The molecular formula is C12H18F3NO. The van der Waals surface area contributed by atoms with Crippen LogP contribution in [-0.4, -0.2) is 34.7 Å². The zero-order valence-electron chi connectivity index (χ0n) is 9.93. The van der Waals surface area contributed by atoms with Gasteiger partial charge in [-0.1, -0.05) is 0 Å². The van der Waals surface area contributed by atoms with Crippen molar-refractivity contribution < 1.29 is 18.3 Å². The predicted octanol–water partition coefficient (Wildman–Crippen LogP) is 2.83. The van der Waals surface area contributed by atoms with Gasteiger partial charge in [0.25, 0.3) is 0 Å². The van der Waals surface area contributed by atoms with Crippen LogP contribution >= 0.6 is 0 Å². The number of halogens is 3. The largest absolute Gasteiger partial charge is 0.390 e. The molecule has 2 unspecified atom stereocenters. The SMILES string of the molecule is CN1C2CCC1CC(O)(CCC(F)=C(F)F)C2. The Morgan fingerprint density at radius 3 is 2.24 bits per heavy atom. The highest BCUT2D eigenvalue weighted by atomic mass is 19.3. The van der Waals surface area contributed by atoms with E-state index in [-0.39, 0.29) is 12.8 Å². The molecule has 2 rings (SSSR count). The van der Waals surface area contributed by atoms with E-state index in [0.717, 1.165) is 12.8 Å². The van der Waals surface area contributed by atoms with E-state index >= 15 is 0 Å². The standard InChI is InChI=1S/C12H18F3NO/c1-16-8-2-3-9(16)7-12(17,6-8)5-4-10(13)11(14)15/h8-9,17H,2-7H2,1H3. The fourth-order valence-electron chi connectivity index (χ4n) is 3.18. The average molecular weight is 249 g/mol. The number of aliphatic hydroxyl groups is 1. The third-order valence-electron chi connectivity index (χ3n) is 4.23. The molecule has 0 amide bonds. The second-order valence-corrected chi connectivity index (χ2v) is 5.35. The molecule has 2 bridgehead atoms. The van der Waals surface area contributed by atoms with E-state index in [1.54, 1.807) is 0 Å². The van der Waals surface area contributed by atoms with Gasteiger partial charge in [0.05, 0.1) is 5.60 Å². The average Bonchev–Trinajstić information content (AvgIpc) is 2.51. The van der Waals surface area contributed by atoms with Crippen LogP contribution in [0.3, 0.4) is 0 Å². The van der Waals surface area contributed by atoms with Crippen LogP contribution in [0.2, 0.25) is 0 Å². The Kier molecular flexibility index (Phi) is 3.50. The highest BCUT2D eigenvalue weighted by Crippen LogP contribution is 2.42. The van der Waals surface area contributed by atoms with Crippen LogP contribution in [0.1, 0.15) is 38.5 Å². The maximum absolute atomic E-state index is 12.7. The molecule has 2 nitrogen and oxygen atoms in total. The minimum absolute atomic E-state index is 0.0943. The smallest absolute Gasteiger partial charge is 0.301 e. The van der Waals surface area contributed by atoms with Gasteiger partial charge in [0.1, 0.15) is 0 Å². The highest BCUT2D eigenvalue weighted by Gasteiger charge is 2.45. The van der Waals surface area contributed by atoms with Crippen molar-refractivity contribution in [1.82, 2.24) is 4.90 Å². The van der Waals surface area contributed by atoms with Crippen LogP contribution < -0.4 is 0 Å². The molecule has 0 spiro atoms. The summed E-state index contributed by atoms with van der Waals surface area (Å²) in [5, 5.41) is 10.3. The Hall–Kier alpha value is -0.550. The Labute approximate surface area is 99.1 Å². The third-order valence-corrected chi connectivity index (χ3v) is 4.23. The van der Waals surface area contributed by atoms with Crippen LogP contribution in [0, 0.1) is 0 Å². The molecule has 2 heterocycles. The molecule has 1 N–H and O–H groups in total. The van der Waals surface area contributed by atoms with E-state index in [0.29, 0.717) is 24.9 Å². The first-order valence-electron chi connectivity index (χ1n) is 6.05. The van der Waals surface area contributed by atoms with Gasteiger partial charge in [-0.05, 0) is 39.2 Å². The fraction of sp³-hybridized carbons (Fsp3) is 0.833. The van der Waals surface area contributed by atoms with E-state index in [9.17, 15) is 18.3 Å². The first-order chi connectivity index (χ1) is 7.91. The number of hydrogen-bond acceptors (Lipinski definition) is 2. The summed E-state index contributed by atoms with van der Waals surface area (Å²) in [4.78, 5) is 2.25. The summed E-state index contributed by atoms with van der Waals surface area (Å²) in [6.45, 7) is 0. The van der Waals surface area contributed by atoms with E-state index in [1.165, 1.54) is 0 Å². The van der Waals surface area contributed by atoms with Gasteiger partial charge in [-0.15, -0.1) is 0 Å². The van der Waals surface area contributed by atoms with Crippen molar-refractivity contribution in [3.63, 3.8) is 0 Å². The molecule has 0 aromatic heterocycles. The van der Waals surface area contributed by atoms with Crippen molar-refractivity contribution in [2.75, 3.05) is 7.05 Å². The third kappa shape index (κ3) is 2.65. The molecule has 5 heteroatoms. The topological polar surface area (TPSA) is 23.5 Å². The number of allylic oxidation sites excluding steroid dienone is 1. The van der Waals surface area contributed by atoms with E-state index < -0.39 is 17.5 Å². The molecule has 2 atom stereocenters. The molecule has 2 saturated heterocycles. The molecule has 2 aliphatic heterocycles. The van der Waals surface area contributed by atoms with Gasteiger partial charge in [0.15, 0.2) is 5.83 Å². The summed E-state index contributed by atoms with van der Waals surface area (Å²) in [6, 6.07) is 0.641. The highest BCUT2D eigenvalue weighted by molar-refractivity contribution is 5.03. The zero-order chi connectivity index (χ0) is 12.6. The summed E-state index contributed by atoms with van der Waals surface area (Å²) in [6.07, 6.45) is 0.699. The molecule has 0 aliphatic carbocycles. The van der Waals surface area contributed by atoms with Crippen LogP contribution in [0.15, 0.2) is 11.9 Å². The molecule has 2 fully saturated rings. The summed E-state index contributed by atoms with van der Waals surface area (Å²) in [5.41, 5.74) is -0.967. The van der Waals surface area contributed by atoms with E-state index in [1.807, 2.05) is 7.05 Å². The van der Waals surface area contributed by atoms with Crippen molar-refractivity contribution in [2.24, 2.45) is 0 Å². The molecule has 0 saturated carbocycles. The fourth-order valence-corrected chi connectivity index (χ4v) is 3.18. The minimum Gasteiger partial charge on any atom is -0.390 e. The summed E-state index contributed by atoms with van der Waals surface area (Å²) in [7, 11) is 2.03. The number of nitrogens with zero attached hydrogens (tertiary/aromatic N) is 1. The molecular weight excluding hydrogens is 231 g/mol. The van der Waals surface area contributed by atoms with Gasteiger partial charge < -0.3 is 10.0 Å². The summed E-state index contributed by atoms with van der Waals surface area (Å²) < 4.78 is 36.6. The van der Waals surface area contributed by atoms with Gasteiger partial charge >= 0.3 is 6.08 Å². The Morgan fingerprint density at radius 1 is 1.24 bits per heavy atom. The Balaban J connectivity index is 1.95. The number of rotatable bonds is 3. The molecule has 0 radical (unpaired) electrons. The van der Waals surface area contributed by atoms with Crippen molar-refractivity contribution >= 4 is 0 Å². The Bertz CT molecular complexity index is 314. The van der Waals surface area contributed by atoms with Crippen molar-refractivity contribution in [2.45, 2.75) is 56.2 Å². The summed E-state index contributed by atoms with van der Waals surface area (Å²) >= 11 is 0. The number of piperidine rings is 1. The van der Waals surface area contributed by atoms with Gasteiger partial charge in [-0.25, -0.2) is 4.39 Å². The molecule has 2 aliphatic rings. The van der Waals surface area contributed by atoms with Crippen molar-refractivity contribution in [3.8, 4) is 0 Å². The van der Waals surface area contributed by atoms with Crippen LogP contribution in [-0.2, 0) is 0 Å². The lowest BCUT2D eigenvalue weighted by Crippen LogP contribution is -2.49. The number of hydrogen-bond donors (Lipinski definition) is 1. The van der Waals surface area contributed by atoms with Gasteiger partial charge in [-0.2, -0.15) is 8.78 Å². The van der Waals surface area contributed by atoms with Gasteiger partial charge in [-0.3, -0.25) is 0 Å². The maximum Gasteiger partial charge on any atom is 0.301 e. The van der Waals surface area contributed by atoms with Gasteiger partial charge in [0.2, 0.25) is 0 Å². The molecule has 98 valence electrons. The van der Waals surface area contributed by atoms with Crippen LogP contribution in [0.25, 0.3) is 0 Å². The second kappa shape index (κ2) is 4.61. The van der Waals surface area contributed by atoms with Crippen LogP contribution in [0.5, 0.6) is 0 Å². The molecule has 0 aromatic rings.